The van der Waals surface area contributed by atoms with Crippen LogP contribution < -0.4 is 0 Å². The van der Waals surface area contributed by atoms with E-state index >= 15 is 0 Å². The Balaban J connectivity index is 1.22. The van der Waals surface area contributed by atoms with Crippen molar-refractivity contribution in [2.24, 2.45) is 0 Å². The van der Waals surface area contributed by atoms with Gasteiger partial charge in [-0.25, -0.2) is 19.9 Å². The van der Waals surface area contributed by atoms with Gasteiger partial charge in [-0.05, 0) is 61.4 Å². The summed E-state index contributed by atoms with van der Waals surface area (Å²) in [6.07, 6.45) is 1.83. The summed E-state index contributed by atoms with van der Waals surface area (Å²) in [5.41, 5.74) is 4.23. The van der Waals surface area contributed by atoms with Gasteiger partial charge in [-0.3, -0.25) is 0 Å². The summed E-state index contributed by atoms with van der Waals surface area (Å²) in [5, 5.41) is 4.53. The van der Waals surface area contributed by atoms with Gasteiger partial charge in [0.05, 0.1) is 52.7 Å². The molecular weight excluding hydrogens is 569 g/mol. The van der Waals surface area contributed by atoms with Crippen molar-refractivity contribution in [3.63, 3.8) is 0 Å². The number of thiazole rings is 4. The molecule has 0 spiro atoms. The van der Waals surface area contributed by atoms with E-state index in [9.17, 15) is 0 Å². The molecule has 0 fully saturated rings. The van der Waals surface area contributed by atoms with Crippen molar-refractivity contribution in [3.05, 3.63) is 117 Å². The van der Waals surface area contributed by atoms with Crippen LogP contribution in [0.5, 0.6) is 0 Å². The van der Waals surface area contributed by atoms with Gasteiger partial charge < -0.3 is 0 Å². The molecule has 194 valence electrons. The minimum absolute atomic E-state index is 0.112. The van der Waals surface area contributed by atoms with Crippen molar-refractivity contribution < 1.29 is 0 Å². The van der Waals surface area contributed by atoms with Crippen LogP contribution in [0.1, 0.15) is 44.7 Å². The van der Waals surface area contributed by atoms with Gasteiger partial charge in [0.15, 0.2) is 0 Å². The van der Waals surface area contributed by atoms with E-state index in [2.05, 4.69) is 97.1 Å². The Morgan fingerprint density at radius 2 is 0.625 bits per heavy atom. The van der Waals surface area contributed by atoms with Crippen LogP contribution in [0.15, 0.2) is 97.1 Å². The van der Waals surface area contributed by atoms with Crippen molar-refractivity contribution in [1.29, 1.82) is 0 Å². The van der Waals surface area contributed by atoms with Gasteiger partial charge in [0.2, 0.25) is 0 Å². The average Bonchev–Trinajstić information content (AvgIpc) is 3.78. The molecule has 4 heterocycles. The van der Waals surface area contributed by atoms with Crippen LogP contribution in [0.3, 0.4) is 0 Å². The van der Waals surface area contributed by atoms with E-state index in [4.69, 9.17) is 19.9 Å². The van der Waals surface area contributed by atoms with E-state index < -0.39 is 0 Å². The Bertz CT molecular complexity index is 1690. The average molecular weight is 591 g/mol. The van der Waals surface area contributed by atoms with Crippen molar-refractivity contribution >= 4 is 86.2 Å². The van der Waals surface area contributed by atoms with Crippen molar-refractivity contribution in [2.45, 2.75) is 24.7 Å². The normalized spacial score (nSPS) is 12.2. The number of aromatic nitrogens is 4. The Morgan fingerprint density at radius 3 is 0.875 bits per heavy atom. The minimum Gasteiger partial charge on any atom is -0.240 e. The first-order chi connectivity index (χ1) is 19.8. The van der Waals surface area contributed by atoms with E-state index in [-0.39, 0.29) is 11.8 Å². The van der Waals surface area contributed by atoms with E-state index in [0.717, 1.165) is 54.9 Å². The van der Waals surface area contributed by atoms with Crippen LogP contribution in [-0.4, -0.2) is 19.9 Å². The lowest BCUT2D eigenvalue weighted by molar-refractivity contribution is 0.607. The summed E-state index contributed by atoms with van der Waals surface area (Å²) in [6, 6.07) is 33.7. The Hall–Kier alpha value is -3.56. The van der Waals surface area contributed by atoms with Gasteiger partial charge in [0, 0.05) is 0 Å². The Morgan fingerprint density at radius 1 is 0.375 bits per heavy atom. The maximum atomic E-state index is 5.11. The molecule has 0 aliphatic carbocycles. The summed E-state index contributed by atoms with van der Waals surface area (Å²) in [5.74, 6) is 0.224. The summed E-state index contributed by atoms with van der Waals surface area (Å²) in [7, 11) is 0. The quantitative estimate of drug-likeness (QED) is 0.185. The van der Waals surface area contributed by atoms with Gasteiger partial charge >= 0.3 is 0 Å². The molecule has 8 rings (SSSR count). The van der Waals surface area contributed by atoms with Crippen LogP contribution >= 0.6 is 45.3 Å². The number of benzene rings is 4. The van der Waals surface area contributed by atoms with Gasteiger partial charge in [-0.1, -0.05) is 48.5 Å². The molecule has 0 saturated carbocycles. The molecule has 0 amide bonds. The van der Waals surface area contributed by atoms with E-state index in [1.165, 1.54) is 18.8 Å². The van der Waals surface area contributed by atoms with E-state index in [0.29, 0.717) is 0 Å². The maximum Gasteiger partial charge on any atom is 0.104 e. The lowest BCUT2D eigenvalue weighted by Crippen LogP contribution is -2.06. The lowest BCUT2D eigenvalue weighted by atomic mass is 9.96. The van der Waals surface area contributed by atoms with Crippen LogP contribution in [0.2, 0.25) is 0 Å². The van der Waals surface area contributed by atoms with Crippen molar-refractivity contribution in [3.8, 4) is 0 Å². The predicted octanol–water partition coefficient (Wildman–Crippen LogP) is 9.87. The second-order valence-corrected chi connectivity index (χ2v) is 14.0. The predicted molar refractivity (Wildman–Crippen MR) is 171 cm³/mol. The van der Waals surface area contributed by atoms with Crippen LogP contribution in [0.25, 0.3) is 40.9 Å². The van der Waals surface area contributed by atoms with Crippen LogP contribution in [0.4, 0.5) is 0 Å². The Kier molecular flexibility index (Phi) is 6.14. The monoisotopic (exact) mass is 590 g/mol. The number of fused-ring (bicyclic) bond motifs is 4. The zero-order chi connectivity index (χ0) is 26.5. The standard InChI is InChI=1S/C32H22N4S4/c1-5-13-25-21(9-1)33-29(37-25)19(30-34-22-10-2-6-14-26(22)38-30)17-18-20(31-35-23-11-3-7-15-27(23)39-31)32-36-24-12-4-8-16-28(24)40-32/h1-16,19-20H,17-18H2. The van der Waals surface area contributed by atoms with Gasteiger partial charge in [0.1, 0.15) is 20.0 Å². The molecule has 0 N–H and O–H groups in total. The topological polar surface area (TPSA) is 51.6 Å². The summed E-state index contributed by atoms with van der Waals surface area (Å²) in [4.78, 5) is 20.4. The smallest absolute Gasteiger partial charge is 0.104 e. The molecule has 4 nitrogen and oxygen atoms in total. The van der Waals surface area contributed by atoms with Crippen molar-refractivity contribution in [1.82, 2.24) is 19.9 Å². The minimum atomic E-state index is 0.112. The molecule has 4 aromatic carbocycles. The fourth-order valence-electron chi connectivity index (χ4n) is 5.19. The molecule has 0 aliphatic rings. The van der Waals surface area contributed by atoms with Crippen molar-refractivity contribution in [2.75, 3.05) is 0 Å². The molecule has 0 radical (unpaired) electrons. The Labute approximate surface area is 246 Å². The molecule has 0 unspecified atom stereocenters. The van der Waals surface area contributed by atoms with Gasteiger partial charge in [-0.2, -0.15) is 0 Å². The first-order valence-corrected chi connectivity index (χ1v) is 16.5. The zero-order valence-electron chi connectivity index (χ0n) is 21.2. The highest BCUT2D eigenvalue weighted by atomic mass is 32.1. The van der Waals surface area contributed by atoms with E-state index in [1.54, 1.807) is 45.3 Å². The molecule has 8 aromatic rings. The van der Waals surface area contributed by atoms with Gasteiger partial charge in [-0.15, -0.1) is 45.3 Å². The number of para-hydroxylation sites is 4. The highest BCUT2D eigenvalue weighted by Crippen LogP contribution is 2.43. The molecule has 0 atom stereocenters. The number of nitrogens with zero attached hydrogens (tertiary/aromatic N) is 4. The largest absolute Gasteiger partial charge is 0.240 e. The number of hydrogen-bond acceptors (Lipinski definition) is 8. The molecule has 4 aromatic heterocycles. The number of rotatable bonds is 7. The number of hydrogen-bond donors (Lipinski definition) is 0. The second kappa shape index (κ2) is 10.1. The third-order valence-corrected chi connectivity index (χ3v) is 11.8. The zero-order valence-corrected chi connectivity index (χ0v) is 24.5. The summed E-state index contributed by atoms with van der Waals surface area (Å²) in [6.45, 7) is 0. The highest BCUT2D eigenvalue weighted by Gasteiger charge is 2.28. The van der Waals surface area contributed by atoms with Crippen LogP contribution in [-0.2, 0) is 0 Å². The first-order valence-electron chi connectivity index (χ1n) is 13.2. The van der Waals surface area contributed by atoms with Crippen LogP contribution in [0, 0.1) is 0 Å². The SMILES string of the molecule is c1ccc2sc(C(CCC(c3nc4ccccc4s3)c3nc4ccccc4s3)c3nc4ccccc4s3)nc2c1. The maximum absolute atomic E-state index is 5.11. The second-order valence-electron chi connectivity index (χ2n) is 9.76. The van der Waals surface area contributed by atoms with Gasteiger partial charge in [0.25, 0.3) is 0 Å². The first kappa shape index (κ1) is 24.3. The molecule has 0 saturated heterocycles. The molecule has 0 aliphatic heterocycles. The third-order valence-electron chi connectivity index (χ3n) is 7.18. The summed E-state index contributed by atoms with van der Waals surface area (Å²) < 4.78 is 4.88. The van der Waals surface area contributed by atoms with E-state index in [1.807, 2.05) is 0 Å². The lowest BCUT2D eigenvalue weighted by Gasteiger charge is -2.16. The molecule has 40 heavy (non-hydrogen) atoms. The highest BCUT2D eigenvalue weighted by molar-refractivity contribution is 7.20. The summed E-state index contributed by atoms with van der Waals surface area (Å²) >= 11 is 7.16. The fraction of sp³-hybridized carbons (Fsp3) is 0.125. The molecule has 0 bridgehead atoms. The molecular formula is C32H22N4S4. The fourth-order valence-corrected chi connectivity index (χ4v) is 9.77. The third kappa shape index (κ3) is 4.41. The molecule has 8 heteroatoms.